The molecule has 21 heteroatoms. The number of carbonyl (C=O) groups is 6. The second kappa shape index (κ2) is 25.8. The standard InChI is InChI=1S/C25H29F2N3O5.C16H22FN3O3.C9H8BrFO2/c1-25(2,3)35-24(33)29-12-10-28(11-13-29)23(32)30(20-7-5-6-19(26)15-20)16-18-9-8-17(14-21(18)27)22(31)34-4;1-16(2,3)23-15(22)20-9-7-19(8-10-20)14(21)18-13-6-4-5-12(17)11-13;1-13-9(12)6-2-3-7(5-10)8(11)4-6/h5-9,14-15H,10-13,16H2,1-4H3;4-6,11H,7-10H2,1-3H3,(H,18,21);2-4H,5H2,1H3. The fourth-order valence-corrected chi connectivity index (χ4v) is 7.12. The third-order valence-electron chi connectivity index (χ3n) is 10.3. The molecule has 2 fully saturated rings. The van der Waals surface area contributed by atoms with Crippen LogP contribution in [0, 0.1) is 23.3 Å². The van der Waals surface area contributed by atoms with Gasteiger partial charge in [0.15, 0.2) is 0 Å². The maximum Gasteiger partial charge on any atom is 0.410 e. The molecule has 0 aromatic heterocycles. The van der Waals surface area contributed by atoms with E-state index in [9.17, 15) is 46.3 Å². The zero-order chi connectivity index (χ0) is 52.6. The van der Waals surface area contributed by atoms with Crippen LogP contribution in [-0.2, 0) is 30.8 Å². The molecule has 6 amide bonds. The van der Waals surface area contributed by atoms with Crippen molar-refractivity contribution in [3.05, 3.63) is 130 Å². The number of hydrogen-bond acceptors (Lipinski definition) is 10. The summed E-state index contributed by atoms with van der Waals surface area (Å²) in [6.07, 6.45) is -0.831. The first-order valence-electron chi connectivity index (χ1n) is 22.3. The molecule has 6 rings (SSSR count). The number of benzene rings is 4. The van der Waals surface area contributed by atoms with Gasteiger partial charge in [0, 0.05) is 74.6 Å². The molecule has 0 radical (unpaired) electrons. The van der Waals surface area contributed by atoms with Crippen LogP contribution in [0.25, 0.3) is 0 Å². The Hall–Kier alpha value is -6.90. The molecule has 0 aliphatic carbocycles. The van der Waals surface area contributed by atoms with Crippen LogP contribution in [0.4, 0.5) is 48.1 Å². The average Bonchev–Trinajstić information content (AvgIpc) is 3.32. The second-order valence-corrected chi connectivity index (χ2v) is 18.5. The van der Waals surface area contributed by atoms with Gasteiger partial charge in [0.05, 0.1) is 31.9 Å². The van der Waals surface area contributed by atoms with Crippen molar-refractivity contribution < 1.29 is 65.3 Å². The van der Waals surface area contributed by atoms with Crippen molar-refractivity contribution >= 4 is 63.5 Å². The largest absolute Gasteiger partial charge is 0.465 e. The summed E-state index contributed by atoms with van der Waals surface area (Å²) >= 11 is 3.13. The Morgan fingerprint density at radius 3 is 1.44 bits per heavy atom. The molecule has 2 aliphatic heterocycles. The molecule has 2 aliphatic rings. The van der Waals surface area contributed by atoms with Crippen molar-refractivity contribution in [2.75, 3.05) is 76.8 Å². The molecule has 0 bridgehead atoms. The van der Waals surface area contributed by atoms with Gasteiger partial charge in [0.25, 0.3) is 0 Å². The quantitative estimate of drug-likeness (QED) is 0.0815. The Morgan fingerprint density at radius 1 is 0.577 bits per heavy atom. The minimum absolute atomic E-state index is 0.0376. The molecular weight excluding hydrogens is 1000 g/mol. The highest BCUT2D eigenvalue weighted by Crippen LogP contribution is 2.24. The van der Waals surface area contributed by atoms with Crippen LogP contribution < -0.4 is 10.2 Å². The van der Waals surface area contributed by atoms with Crippen LogP contribution in [0.5, 0.6) is 0 Å². The lowest BCUT2D eigenvalue weighted by atomic mass is 10.1. The Kier molecular flexibility index (Phi) is 20.6. The van der Waals surface area contributed by atoms with E-state index in [0.29, 0.717) is 42.8 Å². The monoisotopic (exact) mass is 1060 g/mol. The van der Waals surface area contributed by atoms with E-state index in [-0.39, 0.29) is 67.2 Å². The number of alkyl halides is 1. The molecule has 0 atom stereocenters. The highest BCUT2D eigenvalue weighted by molar-refractivity contribution is 9.08. The number of methoxy groups -OCH3 is 2. The zero-order valence-electron chi connectivity index (χ0n) is 40.9. The number of ether oxygens (including phenoxy) is 4. The van der Waals surface area contributed by atoms with Crippen molar-refractivity contribution in [1.82, 2.24) is 19.6 Å². The van der Waals surface area contributed by atoms with Crippen molar-refractivity contribution in [3.63, 3.8) is 0 Å². The minimum Gasteiger partial charge on any atom is -0.465 e. The lowest BCUT2D eigenvalue weighted by Gasteiger charge is -2.38. The summed E-state index contributed by atoms with van der Waals surface area (Å²) < 4.78 is 74.7. The summed E-state index contributed by atoms with van der Waals surface area (Å²) in [5.74, 6) is -3.26. The topological polar surface area (TPSA) is 168 Å². The molecule has 4 aromatic carbocycles. The van der Waals surface area contributed by atoms with Gasteiger partial charge in [-0.1, -0.05) is 40.2 Å². The van der Waals surface area contributed by atoms with Gasteiger partial charge in [-0.3, -0.25) is 4.90 Å². The molecular formula is C50H59BrF4N6O10. The number of hydrogen-bond donors (Lipinski definition) is 1. The lowest BCUT2D eigenvalue weighted by molar-refractivity contribution is 0.0165. The summed E-state index contributed by atoms with van der Waals surface area (Å²) in [7, 11) is 2.46. The number of nitrogens with zero attached hydrogens (tertiary/aromatic N) is 5. The molecule has 384 valence electrons. The van der Waals surface area contributed by atoms with E-state index < -0.39 is 58.5 Å². The average molecular weight is 1060 g/mol. The summed E-state index contributed by atoms with van der Waals surface area (Å²) in [6, 6.07) is 18.5. The molecule has 4 aromatic rings. The molecule has 2 heterocycles. The van der Waals surface area contributed by atoms with Crippen molar-refractivity contribution in [3.8, 4) is 0 Å². The van der Waals surface area contributed by atoms with E-state index in [0.717, 1.165) is 6.07 Å². The number of urea groups is 2. The summed E-state index contributed by atoms with van der Waals surface area (Å²) in [5.41, 5.74) is 0.413. The number of halogens is 5. The highest BCUT2D eigenvalue weighted by Gasteiger charge is 2.32. The van der Waals surface area contributed by atoms with Gasteiger partial charge >= 0.3 is 36.2 Å². The first kappa shape index (κ1) is 56.7. The lowest BCUT2D eigenvalue weighted by Crippen LogP contribution is -2.54. The van der Waals surface area contributed by atoms with E-state index in [1.165, 1.54) is 89.6 Å². The second-order valence-electron chi connectivity index (χ2n) is 17.9. The molecule has 0 unspecified atom stereocenters. The number of nitrogens with one attached hydrogen (secondary N) is 1. The number of amides is 6. The van der Waals surface area contributed by atoms with Gasteiger partial charge in [0.2, 0.25) is 0 Å². The van der Waals surface area contributed by atoms with E-state index in [1.807, 2.05) is 20.8 Å². The summed E-state index contributed by atoms with van der Waals surface area (Å²) in [4.78, 5) is 80.0. The Labute approximate surface area is 418 Å². The van der Waals surface area contributed by atoms with E-state index in [4.69, 9.17) is 9.47 Å². The minimum atomic E-state index is -0.697. The maximum atomic E-state index is 14.8. The Bertz CT molecular complexity index is 2510. The van der Waals surface area contributed by atoms with E-state index in [1.54, 1.807) is 48.8 Å². The fraction of sp³-hybridized carbons (Fsp3) is 0.400. The number of carbonyl (C=O) groups excluding carboxylic acids is 6. The molecule has 2 saturated heterocycles. The third-order valence-corrected chi connectivity index (χ3v) is 10.9. The van der Waals surface area contributed by atoms with Crippen LogP contribution >= 0.6 is 15.9 Å². The first-order valence-corrected chi connectivity index (χ1v) is 23.4. The molecule has 71 heavy (non-hydrogen) atoms. The van der Waals surface area contributed by atoms with Gasteiger partial charge in [0.1, 0.15) is 34.5 Å². The number of anilines is 2. The third kappa shape index (κ3) is 17.8. The van der Waals surface area contributed by atoms with E-state index >= 15 is 0 Å². The molecule has 16 nitrogen and oxygen atoms in total. The first-order chi connectivity index (χ1) is 33.4. The predicted octanol–water partition coefficient (Wildman–Crippen LogP) is 9.85. The van der Waals surface area contributed by atoms with Gasteiger partial charge in [-0.15, -0.1) is 0 Å². The van der Waals surface area contributed by atoms with Gasteiger partial charge in [-0.05, 0) is 108 Å². The highest BCUT2D eigenvalue weighted by atomic mass is 79.9. The van der Waals surface area contributed by atoms with Gasteiger partial charge in [-0.2, -0.15) is 0 Å². The maximum absolute atomic E-state index is 14.8. The molecule has 0 spiro atoms. The van der Waals surface area contributed by atoms with Crippen LogP contribution in [0.1, 0.15) is 73.4 Å². The number of rotatable bonds is 7. The van der Waals surface area contributed by atoms with Gasteiger partial charge in [-0.25, -0.2) is 46.3 Å². The van der Waals surface area contributed by atoms with Gasteiger partial charge < -0.3 is 43.9 Å². The van der Waals surface area contributed by atoms with Crippen molar-refractivity contribution in [2.45, 2.75) is 64.6 Å². The fourth-order valence-electron chi connectivity index (χ4n) is 6.67. The number of piperazine rings is 2. The number of esters is 2. The van der Waals surface area contributed by atoms with Crippen LogP contribution in [0.2, 0.25) is 0 Å². The Morgan fingerprint density at radius 2 is 1.01 bits per heavy atom. The molecule has 0 saturated carbocycles. The predicted molar refractivity (Wildman–Crippen MR) is 260 cm³/mol. The van der Waals surface area contributed by atoms with Crippen LogP contribution in [-0.4, -0.2) is 134 Å². The SMILES string of the molecule is CC(C)(C)OC(=O)N1CCN(C(=O)Nc2cccc(F)c2)CC1.COC(=O)c1ccc(CBr)c(F)c1.COC(=O)c1ccc(CN(C(=O)N2CCN(C(=O)OC(C)(C)C)CC2)c2cccc(F)c2)c(F)c1. The molecule has 1 N–H and O–H groups in total. The Balaban J connectivity index is 0.000000259. The van der Waals surface area contributed by atoms with Crippen molar-refractivity contribution in [1.29, 1.82) is 0 Å². The van der Waals surface area contributed by atoms with Crippen molar-refractivity contribution in [2.24, 2.45) is 0 Å². The van der Waals surface area contributed by atoms with E-state index in [2.05, 4.69) is 30.7 Å². The van der Waals surface area contributed by atoms with Crippen LogP contribution in [0.15, 0.2) is 84.9 Å². The van der Waals surface area contributed by atoms with Crippen LogP contribution in [0.3, 0.4) is 0 Å². The summed E-state index contributed by atoms with van der Waals surface area (Å²) in [5, 5.41) is 3.08. The normalized spacial score (nSPS) is 13.6. The summed E-state index contributed by atoms with van der Waals surface area (Å²) in [6.45, 7) is 13.2. The smallest absolute Gasteiger partial charge is 0.410 e. The zero-order valence-corrected chi connectivity index (χ0v) is 42.4.